The maximum Gasteiger partial charge on any atom is 0.313 e. The Kier molecular flexibility index (Phi) is 5.40. The van der Waals surface area contributed by atoms with Gasteiger partial charge in [0.05, 0.1) is 12.8 Å². The fourth-order valence-corrected chi connectivity index (χ4v) is 4.03. The molecule has 1 fully saturated rings. The SMILES string of the molecule is CCN1CCC[C@H]1CNC(=O)C(=O)Nc1cc2oc3ccccc3c2cc1OC. The van der Waals surface area contributed by atoms with E-state index in [1.54, 1.807) is 6.07 Å². The third-order valence-corrected chi connectivity index (χ3v) is 5.56. The summed E-state index contributed by atoms with van der Waals surface area (Å²) < 4.78 is 11.3. The van der Waals surface area contributed by atoms with Crippen molar-refractivity contribution in [2.75, 3.05) is 32.1 Å². The number of amides is 2. The summed E-state index contributed by atoms with van der Waals surface area (Å²) in [4.78, 5) is 27.0. The minimum absolute atomic E-state index is 0.290. The number of hydrogen-bond donors (Lipinski definition) is 2. The molecule has 0 radical (unpaired) electrons. The molecule has 0 bridgehead atoms. The van der Waals surface area contributed by atoms with Crippen LogP contribution in [0.25, 0.3) is 21.9 Å². The van der Waals surface area contributed by atoms with Crippen LogP contribution in [-0.4, -0.2) is 49.5 Å². The average Bonchev–Trinajstić information content (AvgIpc) is 3.34. The number of carbonyl (C=O) groups excluding carboxylic acids is 2. The van der Waals surface area contributed by atoms with Crippen molar-refractivity contribution in [1.29, 1.82) is 0 Å². The second kappa shape index (κ2) is 8.13. The fraction of sp³-hybridized carbons (Fsp3) is 0.364. The number of methoxy groups -OCH3 is 1. The van der Waals surface area contributed by atoms with Crippen LogP contribution in [0.3, 0.4) is 0 Å². The number of nitrogens with zero attached hydrogens (tertiary/aromatic N) is 1. The Bertz CT molecular complexity index is 1060. The molecule has 1 saturated heterocycles. The lowest BCUT2D eigenvalue weighted by atomic mass is 10.1. The Hall–Kier alpha value is -3.06. The van der Waals surface area contributed by atoms with Crippen LogP contribution >= 0.6 is 0 Å². The van der Waals surface area contributed by atoms with Gasteiger partial charge in [-0.3, -0.25) is 14.5 Å². The molecule has 4 rings (SSSR count). The predicted molar refractivity (Wildman–Crippen MR) is 112 cm³/mol. The molecule has 1 aliphatic heterocycles. The topological polar surface area (TPSA) is 83.8 Å². The van der Waals surface area contributed by atoms with Crippen molar-refractivity contribution in [3.63, 3.8) is 0 Å². The summed E-state index contributed by atoms with van der Waals surface area (Å²) in [6, 6.07) is 11.5. The highest BCUT2D eigenvalue weighted by Crippen LogP contribution is 2.36. The summed E-state index contributed by atoms with van der Waals surface area (Å²) in [5.41, 5.74) is 1.77. The molecule has 3 aromatic rings. The number of hydrogen-bond acceptors (Lipinski definition) is 5. The molecule has 0 unspecified atom stereocenters. The van der Waals surface area contributed by atoms with Crippen molar-refractivity contribution < 1.29 is 18.7 Å². The highest BCUT2D eigenvalue weighted by molar-refractivity contribution is 6.39. The summed E-state index contributed by atoms with van der Waals surface area (Å²) >= 11 is 0. The molecule has 0 spiro atoms. The van der Waals surface area contributed by atoms with E-state index in [0.717, 1.165) is 42.3 Å². The Morgan fingerprint density at radius 3 is 2.79 bits per heavy atom. The van der Waals surface area contributed by atoms with Gasteiger partial charge in [-0.1, -0.05) is 25.1 Å². The van der Waals surface area contributed by atoms with E-state index in [1.165, 1.54) is 7.11 Å². The summed E-state index contributed by atoms with van der Waals surface area (Å²) in [5, 5.41) is 7.25. The van der Waals surface area contributed by atoms with Gasteiger partial charge in [0.1, 0.15) is 16.9 Å². The van der Waals surface area contributed by atoms with E-state index in [-0.39, 0.29) is 6.04 Å². The molecule has 0 saturated carbocycles. The van der Waals surface area contributed by atoms with Gasteiger partial charge in [-0.15, -0.1) is 0 Å². The summed E-state index contributed by atoms with van der Waals surface area (Å²) in [7, 11) is 1.53. The molecule has 7 heteroatoms. The Labute approximate surface area is 169 Å². The number of benzene rings is 2. The number of likely N-dealkylation sites (N-methyl/N-ethyl adjacent to an activating group) is 1. The summed E-state index contributed by atoms with van der Waals surface area (Å²) in [5.74, 6) is -0.905. The van der Waals surface area contributed by atoms with Gasteiger partial charge in [0.15, 0.2) is 0 Å². The van der Waals surface area contributed by atoms with Gasteiger partial charge in [0.2, 0.25) is 0 Å². The summed E-state index contributed by atoms with van der Waals surface area (Å²) in [6.45, 7) is 4.56. The highest BCUT2D eigenvalue weighted by atomic mass is 16.5. The van der Waals surface area contributed by atoms with Crippen molar-refractivity contribution in [1.82, 2.24) is 10.2 Å². The molecule has 2 heterocycles. The third kappa shape index (κ3) is 3.78. The number of nitrogens with one attached hydrogen (secondary N) is 2. The van der Waals surface area contributed by atoms with E-state index < -0.39 is 11.8 Å². The standard InChI is InChI=1S/C22H25N3O4/c1-3-25-10-6-7-14(25)13-23-21(26)22(27)24-17-12-19-16(11-20(17)28-2)15-8-4-5-9-18(15)29-19/h4-5,8-9,11-12,14H,3,6-7,10,13H2,1-2H3,(H,23,26)(H,24,27)/t14-/m0/s1. The number of rotatable bonds is 5. The van der Waals surface area contributed by atoms with Gasteiger partial charge in [0, 0.05) is 29.4 Å². The minimum atomic E-state index is -0.722. The maximum absolute atomic E-state index is 12.4. The lowest BCUT2D eigenvalue weighted by Gasteiger charge is -2.22. The van der Waals surface area contributed by atoms with Gasteiger partial charge in [0.25, 0.3) is 0 Å². The lowest BCUT2D eigenvalue weighted by Crippen LogP contribution is -2.43. The van der Waals surface area contributed by atoms with Gasteiger partial charge >= 0.3 is 11.8 Å². The second-order valence-electron chi connectivity index (χ2n) is 7.24. The maximum atomic E-state index is 12.4. The smallest absolute Gasteiger partial charge is 0.313 e. The molecule has 7 nitrogen and oxygen atoms in total. The first-order chi connectivity index (χ1) is 14.1. The van der Waals surface area contributed by atoms with E-state index in [2.05, 4.69) is 22.5 Å². The van der Waals surface area contributed by atoms with E-state index in [9.17, 15) is 9.59 Å². The van der Waals surface area contributed by atoms with Crippen LogP contribution in [0.5, 0.6) is 5.75 Å². The molecule has 1 aliphatic rings. The molecule has 0 aliphatic carbocycles. The van der Waals surface area contributed by atoms with Gasteiger partial charge < -0.3 is 19.8 Å². The first-order valence-corrected chi connectivity index (χ1v) is 9.93. The number of fused-ring (bicyclic) bond motifs is 3. The van der Waals surface area contributed by atoms with Gasteiger partial charge in [-0.05, 0) is 38.1 Å². The van der Waals surface area contributed by atoms with Crippen molar-refractivity contribution in [2.24, 2.45) is 0 Å². The van der Waals surface area contributed by atoms with E-state index in [1.807, 2.05) is 30.3 Å². The van der Waals surface area contributed by atoms with Crippen molar-refractivity contribution in [3.05, 3.63) is 36.4 Å². The molecule has 2 N–H and O–H groups in total. The Balaban J connectivity index is 1.49. The predicted octanol–water partition coefficient (Wildman–Crippen LogP) is 3.13. The number of anilines is 1. The molecule has 1 aromatic heterocycles. The number of ether oxygens (including phenoxy) is 1. The largest absolute Gasteiger partial charge is 0.495 e. The normalized spacial score (nSPS) is 17.0. The molecule has 2 amide bonds. The first-order valence-electron chi connectivity index (χ1n) is 9.93. The number of furan rings is 1. The second-order valence-corrected chi connectivity index (χ2v) is 7.24. The van der Waals surface area contributed by atoms with E-state index in [0.29, 0.717) is 23.6 Å². The number of carbonyl (C=O) groups is 2. The third-order valence-electron chi connectivity index (χ3n) is 5.56. The van der Waals surface area contributed by atoms with Crippen LogP contribution in [0.15, 0.2) is 40.8 Å². The van der Waals surface area contributed by atoms with Crippen molar-refractivity contribution in [3.8, 4) is 5.75 Å². The van der Waals surface area contributed by atoms with Crippen LogP contribution in [0, 0.1) is 0 Å². The lowest BCUT2D eigenvalue weighted by molar-refractivity contribution is -0.136. The van der Waals surface area contributed by atoms with Crippen LogP contribution in [-0.2, 0) is 9.59 Å². The highest BCUT2D eigenvalue weighted by Gasteiger charge is 2.25. The van der Waals surface area contributed by atoms with E-state index in [4.69, 9.17) is 9.15 Å². The zero-order chi connectivity index (χ0) is 20.4. The number of likely N-dealkylation sites (tertiary alicyclic amines) is 1. The molecule has 152 valence electrons. The minimum Gasteiger partial charge on any atom is -0.495 e. The van der Waals surface area contributed by atoms with Gasteiger partial charge in [-0.25, -0.2) is 0 Å². The average molecular weight is 395 g/mol. The van der Waals surface area contributed by atoms with Gasteiger partial charge in [-0.2, -0.15) is 0 Å². The van der Waals surface area contributed by atoms with Crippen LogP contribution in [0.1, 0.15) is 19.8 Å². The fourth-order valence-electron chi connectivity index (χ4n) is 4.03. The molecule has 29 heavy (non-hydrogen) atoms. The molecular weight excluding hydrogens is 370 g/mol. The van der Waals surface area contributed by atoms with Crippen LogP contribution in [0.2, 0.25) is 0 Å². The molecule has 2 aromatic carbocycles. The van der Waals surface area contributed by atoms with Crippen LogP contribution in [0.4, 0.5) is 5.69 Å². The monoisotopic (exact) mass is 395 g/mol. The van der Waals surface area contributed by atoms with Crippen LogP contribution < -0.4 is 15.4 Å². The zero-order valence-electron chi connectivity index (χ0n) is 16.7. The molecular formula is C22H25N3O4. The summed E-state index contributed by atoms with van der Waals surface area (Å²) in [6.07, 6.45) is 2.15. The Morgan fingerprint density at radius 2 is 2.00 bits per heavy atom. The van der Waals surface area contributed by atoms with Crippen molar-refractivity contribution in [2.45, 2.75) is 25.8 Å². The first kappa shape index (κ1) is 19.3. The van der Waals surface area contributed by atoms with Crippen molar-refractivity contribution >= 4 is 39.4 Å². The quantitative estimate of drug-likeness (QED) is 0.649. The van der Waals surface area contributed by atoms with E-state index >= 15 is 0 Å². The molecule has 1 atom stereocenters. The zero-order valence-corrected chi connectivity index (χ0v) is 16.7. The Morgan fingerprint density at radius 1 is 1.17 bits per heavy atom. The number of para-hydroxylation sites is 1.